The normalized spacial score (nSPS) is 19.1. The van der Waals surface area contributed by atoms with Gasteiger partial charge in [0, 0.05) is 22.6 Å². The van der Waals surface area contributed by atoms with Crippen LogP contribution >= 0.6 is 22.7 Å². The van der Waals surface area contributed by atoms with Gasteiger partial charge in [-0.15, -0.1) is 22.7 Å². The molecule has 2 heterocycles. The molecule has 0 bridgehead atoms. The van der Waals surface area contributed by atoms with Gasteiger partial charge in [-0.25, -0.2) is 0 Å². The Bertz CT molecular complexity index is 1080. The minimum atomic E-state index is -0.546. The molecule has 8 nitrogen and oxygen atoms in total. The van der Waals surface area contributed by atoms with Crippen LogP contribution in [0.4, 0.5) is 10.0 Å². The number of nitrogens with two attached hydrogens (primary N) is 2. The molecule has 0 aromatic carbocycles. The van der Waals surface area contributed by atoms with Gasteiger partial charge in [0.2, 0.25) is 11.8 Å². The Balaban J connectivity index is 1.40. The van der Waals surface area contributed by atoms with Crippen LogP contribution in [0, 0.1) is 11.8 Å². The average molecular weight is 503 g/mol. The van der Waals surface area contributed by atoms with E-state index in [-0.39, 0.29) is 24.7 Å². The second-order valence-electron chi connectivity index (χ2n) is 9.44. The van der Waals surface area contributed by atoms with Crippen LogP contribution < -0.4 is 22.1 Å². The third-order valence-electron chi connectivity index (χ3n) is 6.60. The monoisotopic (exact) mass is 502 g/mol. The Morgan fingerprint density at radius 3 is 1.50 bits per heavy atom. The molecule has 10 heteroatoms. The van der Waals surface area contributed by atoms with E-state index in [0.717, 1.165) is 59.4 Å². The standard InChI is InChI=1S/C24H30N4O4S2/c1-11-3-5-13-15(9-11)33-23(19(13)21(25)31)27-17(29)7-8-18(30)28-24-20(22(26)32)14-6-4-12(2)10-16(14)34-24/h11-12H,3-10H2,1-2H3,(H2,25,31)(H2,26,32)(H,27,29)(H,28,30)/t11-,12+. The van der Waals surface area contributed by atoms with E-state index in [1.807, 2.05) is 0 Å². The third kappa shape index (κ3) is 5.02. The maximum Gasteiger partial charge on any atom is 0.251 e. The number of nitrogens with one attached hydrogen (secondary N) is 2. The fourth-order valence-corrected chi connectivity index (χ4v) is 7.67. The molecule has 0 aliphatic heterocycles. The van der Waals surface area contributed by atoms with Crippen LogP contribution in [0.15, 0.2) is 0 Å². The number of carbonyl (C=O) groups is 4. The van der Waals surface area contributed by atoms with E-state index in [1.54, 1.807) is 0 Å². The van der Waals surface area contributed by atoms with Gasteiger partial charge in [-0.2, -0.15) is 0 Å². The van der Waals surface area contributed by atoms with Crippen LogP contribution in [0.5, 0.6) is 0 Å². The van der Waals surface area contributed by atoms with Crippen molar-refractivity contribution in [2.75, 3.05) is 10.6 Å². The summed E-state index contributed by atoms with van der Waals surface area (Å²) in [4.78, 5) is 51.5. The Morgan fingerprint density at radius 1 is 0.765 bits per heavy atom. The Morgan fingerprint density at radius 2 is 1.15 bits per heavy atom. The van der Waals surface area contributed by atoms with Crippen molar-refractivity contribution < 1.29 is 19.2 Å². The summed E-state index contributed by atoms with van der Waals surface area (Å²) in [5.74, 6) is -0.770. The zero-order valence-electron chi connectivity index (χ0n) is 19.4. The number of carbonyl (C=O) groups excluding carboxylic acids is 4. The highest BCUT2D eigenvalue weighted by atomic mass is 32.1. The van der Waals surface area contributed by atoms with E-state index in [2.05, 4.69) is 24.5 Å². The molecule has 182 valence electrons. The van der Waals surface area contributed by atoms with Crippen LogP contribution in [-0.4, -0.2) is 23.6 Å². The van der Waals surface area contributed by atoms with E-state index >= 15 is 0 Å². The summed E-state index contributed by atoms with van der Waals surface area (Å²) < 4.78 is 0. The molecule has 2 atom stereocenters. The molecule has 2 aliphatic carbocycles. The van der Waals surface area contributed by atoms with E-state index in [0.29, 0.717) is 33.0 Å². The van der Waals surface area contributed by atoms with E-state index in [1.165, 1.54) is 22.7 Å². The van der Waals surface area contributed by atoms with Crippen LogP contribution in [0.2, 0.25) is 0 Å². The minimum absolute atomic E-state index is 0.0585. The SMILES string of the molecule is C[C@@H]1CCc2c(sc(NC(=O)CCC(=O)Nc3sc4c(c3C(N)=O)CC[C@H](C)C4)c2C(N)=O)C1. The number of thiophene rings is 2. The largest absolute Gasteiger partial charge is 0.365 e. The first kappa shape index (κ1) is 24.4. The molecule has 0 saturated heterocycles. The first-order valence-electron chi connectivity index (χ1n) is 11.6. The van der Waals surface area contributed by atoms with Crippen molar-refractivity contribution in [2.24, 2.45) is 23.3 Å². The lowest BCUT2D eigenvalue weighted by molar-refractivity contribution is -0.121. The van der Waals surface area contributed by atoms with Gasteiger partial charge in [0.25, 0.3) is 11.8 Å². The highest BCUT2D eigenvalue weighted by molar-refractivity contribution is 7.17. The average Bonchev–Trinajstić information content (AvgIpc) is 3.28. The Kier molecular flexibility index (Phi) is 7.09. The van der Waals surface area contributed by atoms with Crippen LogP contribution in [-0.2, 0) is 35.3 Å². The molecule has 0 fully saturated rings. The number of hydrogen-bond acceptors (Lipinski definition) is 6. The van der Waals surface area contributed by atoms with Gasteiger partial charge in [0.1, 0.15) is 10.0 Å². The summed E-state index contributed by atoms with van der Waals surface area (Å²) in [6.07, 6.45) is 5.12. The number of fused-ring (bicyclic) bond motifs is 2. The van der Waals surface area contributed by atoms with Crippen LogP contribution in [0.3, 0.4) is 0 Å². The molecule has 0 spiro atoms. The van der Waals surface area contributed by atoms with Crippen molar-refractivity contribution in [3.8, 4) is 0 Å². The lowest BCUT2D eigenvalue weighted by Gasteiger charge is -2.18. The van der Waals surface area contributed by atoms with Crippen molar-refractivity contribution >= 4 is 56.3 Å². The molecule has 2 aromatic rings. The maximum atomic E-state index is 12.6. The molecule has 4 rings (SSSR count). The predicted octanol–water partition coefficient (Wildman–Crippen LogP) is 3.61. The van der Waals surface area contributed by atoms with Crippen molar-refractivity contribution in [1.29, 1.82) is 0 Å². The maximum absolute atomic E-state index is 12.6. The van der Waals surface area contributed by atoms with Crippen LogP contribution in [0.1, 0.15) is 81.1 Å². The summed E-state index contributed by atoms with van der Waals surface area (Å²) >= 11 is 2.79. The summed E-state index contributed by atoms with van der Waals surface area (Å²) in [7, 11) is 0. The topological polar surface area (TPSA) is 144 Å². The molecule has 2 aromatic heterocycles. The highest BCUT2D eigenvalue weighted by Crippen LogP contribution is 2.40. The van der Waals surface area contributed by atoms with Crippen LogP contribution in [0.25, 0.3) is 0 Å². The minimum Gasteiger partial charge on any atom is -0.365 e. The quantitative estimate of drug-likeness (QED) is 0.458. The van der Waals surface area contributed by atoms with Crippen molar-refractivity contribution in [2.45, 2.75) is 65.2 Å². The molecule has 4 amide bonds. The number of amides is 4. The highest BCUT2D eigenvalue weighted by Gasteiger charge is 2.29. The van der Waals surface area contributed by atoms with E-state index in [4.69, 9.17) is 11.5 Å². The molecule has 0 saturated carbocycles. The third-order valence-corrected chi connectivity index (χ3v) is 8.94. The molecular weight excluding hydrogens is 472 g/mol. The number of primary amides is 2. The van der Waals surface area contributed by atoms with Crippen molar-refractivity contribution in [3.63, 3.8) is 0 Å². The molecule has 0 radical (unpaired) electrons. The van der Waals surface area contributed by atoms with Gasteiger partial charge < -0.3 is 22.1 Å². The second-order valence-corrected chi connectivity index (χ2v) is 11.6. The number of anilines is 2. The smallest absolute Gasteiger partial charge is 0.251 e. The molecule has 2 aliphatic rings. The van der Waals surface area contributed by atoms with Crippen molar-refractivity contribution in [3.05, 3.63) is 32.0 Å². The first-order valence-corrected chi connectivity index (χ1v) is 13.3. The summed E-state index contributed by atoms with van der Waals surface area (Å²) in [5.41, 5.74) is 13.9. The Labute approximate surface area is 206 Å². The zero-order valence-corrected chi connectivity index (χ0v) is 21.0. The summed E-state index contributed by atoms with van der Waals surface area (Å²) in [6, 6.07) is 0. The predicted molar refractivity (Wildman–Crippen MR) is 135 cm³/mol. The number of hydrogen-bond donors (Lipinski definition) is 4. The summed E-state index contributed by atoms with van der Waals surface area (Å²) in [5, 5.41) is 6.50. The van der Waals surface area contributed by atoms with Gasteiger partial charge >= 0.3 is 0 Å². The molecular formula is C24H30N4O4S2. The lowest BCUT2D eigenvalue weighted by atomic mass is 9.88. The van der Waals surface area contributed by atoms with Gasteiger partial charge in [0.15, 0.2) is 0 Å². The van der Waals surface area contributed by atoms with Gasteiger partial charge in [-0.3, -0.25) is 19.2 Å². The van der Waals surface area contributed by atoms with E-state index in [9.17, 15) is 19.2 Å². The van der Waals surface area contributed by atoms with Gasteiger partial charge in [-0.05, 0) is 61.5 Å². The fourth-order valence-electron chi connectivity index (χ4n) is 4.80. The van der Waals surface area contributed by atoms with Crippen molar-refractivity contribution in [1.82, 2.24) is 0 Å². The molecule has 34 heavy (non-hydrogen) atoms. The zero-order chi connectivity index (χ0) is 24.6. The van der Waals surface area contributed by atoms with E-state index < -0.39 is 11.8 Å². The summed E-state index contributed by atoms with van der Waals surface area (Å²) in [6.45, 7) is 4.33. The fraction of sp³-hybridized carbons (Fsp3) is 0.500. The number of rotatable bonds is 7. The first-order chi connectivity index (χ1) is 16.1. The van der Waals surface area contributed by atoms with Gasteiger partial charge in [0.05, 0.1) is 11.1 Å². The second kappa shape index (κ2) is 9.87. The Hall–Kier alpha value is -2.72. The van der Waals surface area contributed by atoms with Gasteiger partial charge in [-0.1, -0.05) is 13.8 Å². The molecule has 0 unspecified atom stereocenters. The lowest BCUT2D eigenvalue weighted by Crippen LogP contribution is -2.21. The molecule has 6 N–H and O–H groups in total.